The summed E-state index contributed by atoms with van der Waals surface area (Å²) in [4.78, 5) is -0.463. The van der Waals surface area contributed by atoms with E-state index in [-0.39, 0.29) is 19.4 Å². The van der Waals surface area contributed by atoms with E-state index < -0.39 is 55.9 Å². The highest BCUT2D eigenvalue weighted by Gasteiger charge is 2.48. The van der Waals surface area contributed by atoms with E-state index in [1.165, 1.54) is 6.92 Å². The zero-order chi connectivity index (χ0) is 20.7. The summed E-state index contributed by atoms with van der Waals surface area (Å²) in [5.41, 5.74) is 1.26. The van der Waals surface area contributed by atoms with Gasteiger partial charge in [0, 0.05) is 6.61 Å². The Balaban J connectivity index is 1.84. The first kappa shape index (κ1) is 20.8. The van der Waals surface area contributed by atoms with Crippen molar-refractivity contribution in [2.75, 3.05) is 6.61 Å². The lowest BCUT2D eigenvalue weighted by molar-refractivity contribution is -0.137. The average Bonchev–Trinajstić information content (AvgIpc) is 3.11. The van der Waals surface area contributed by atoms with Crippen LogP contribution in [0, 0.1) is 0 Å². The van der Waals surface area contributed by atoms with E-state index in [1.54, 1.807) is 0 Å². The average molecular weight is 428 g/mol. The number of nitrogens with zero attached hydrogens (tertiary/aromatic N) is 1. The van der Waals surface area contributed by atoms with Crippen molar-refractivity contribution in [1.82, 2.24) is 5.43 Å². The van der Waals surface area contributed by atoms with Crippen LogP contribution in [0.1, 0.15) is 25.3 Å². The van der Waals surface area contributed by atoms with E-state index in [0.717, 1.165) is 18.2 Å². The number of alkyl halides is 5. The molecule has 0 saturated carbocycles. The highest BCUT2D eigenvalue weighted by molar-refractivity contribution is 7.92. The Morgan fingerprint density at radius 1 is 1.32 bits per heavy atom. The fourth-order valence-corrected chi connectivity index (χ4v) is 4.99. The molecule has 3 unspecified atom stereocenters. The molecule has 2 heterocycles. The van der Waals surface area contributed by atoms with Crippen LogP contribution in [0.25, 0.3) is 0 Å². The van der Waals surface area contributed by atoms with Crippen LogP contribution >= 0.6 is 0 Å². The Hall–Kier alpha value is -1.95. The molecule has 0 bridgehead atoms. The van der Waals surface area contributed by atoms with Crippen molar-refractivity contribution in [2.45, 2.75) is 54.3 Å². The molecule has 3 rings (SSSR count). The van der Waals surface area contributed by atoms with E-state index >= 15 is 0 Å². The maximum atomic E-state index is 13.1. The number of hydrogen-bond acceptors (Lipinski definition) is 6. The summed E-state index contributed by atoms with van der Waals surface area (Å²) in [6, 6.07) is 3.50. The molecule has 6 nitrogen and oxygen atoms in total. The second-order valence-corrected chi connectivity index (χ2v) is 9.22. The molecule has 2 aliphatic rings. The van der Waals surface area contributed by atoms with Crippen molar-refractivity contribution < 1.29 is 39.8 Å². The van der Waals surface area contributed by atoms with Crippen LogP contribution in [0.4, 0.5) is 22.0 Å². The van der Waals surface area contributed by atoms with Gasteiger partial charge in [-0.3, -0.25) is 5.43 Å². The van der Waals surface area contributed by atoms with Gasteiger partial charge in [-0.05, 0) is 38.0 Å². The Morgan fingerprint density at radius 3 is 2.64 bits per heavy atom. The lowest BCUT2D eigenvalue weighted by Crippen LogP contribution is -2.51. The van der Waals surface area contributed by atoms with Gasteiger partial charge >= 0.3 is 12.6 Å². The first-order valence-corrected chi connectivity index (χ1v) is 9.74. The molecule has 0 aliphatic carbocycles. The second kappa shape index (κ2) is 7.14. The minimum absolute atomic E-state index is 0.0252. The molecule has 1 aromatic carbocycles. The van der Waals surface area contributed by atoms with Crippen molar-refractivity contribution >= 4 is 15.7 Å². The smallest absolute Gasteiger partial charge is 0.416 e. The zero-order valence-electron chi connectivity index (χ0n) is 14.5. The van der Waals surface area contributed by atoms with E-state index in [4.69, 9.17) is 9.47 Å². The quantitative estimate of drug-likeness (QED) is 0.747. The van der Waals surface area contributed by atoms with E-state index in [9.17, 15) is 30.4 Å². The molecule has 0 spiro atoms. The van der Waals surface area contributed by atoms with Crippen molar-refractivity contribution in [1.29, 1.82) is 0 Å². The van der Waals surface area contributed by atoms with Gasteiger partial charge in [0.05, 0.1) is 15.2 Å². The number of ether oxygens (including phenoxy) is 2. The lowest BCUT2D eigenvalue weighted by atomic mass is 9.95. The number of hydrogen-bond donors (Lipinski definition) is 1. The Kier molecular flexibility index (Phi) is 5.30. The molecular weight excluding hydrogens is 411 g/mol. The fourth-order valence-electron chi connectivity index (χ4n) is 3.14. The molecule has 0 aromatic heterocycles. The van der Waals surface area contributed by atoms with Crippen LogP contribution in [0.5, 0.6) is 0 Å². The van der Waals surface area contributed by atoms with Crippen LogP contribution in [-0.4, -0.2) is 44.4 Å². The summed E-state index contributed by atoms with van der Waals surface area (Å²) < 4.78 is 99.3. The van der Waals surface area contributed by atoms with Crippen molar-refractivity contribution in [3.05, 3.63) is 29.8 Å². The van der Waals surface area contributed by atoms with Gasteiger partial charge in [0.15, 0.2) is 9.84 Å². The summed E-state index contributed by atoms with van der Waals surface area (Å²) >= 11 is 0. The number of rotatable bonds is 4. The zero-order valence-corrected chi connectivity index (χ0v) is 15.4. The molecule has 1 saturated heterocycles. The normalized spacial score (nSPS) is 28.6. The molecule has 156 valence electrons. The highest BCUT2D eigenvalue weighted by atomic mass is 32.2. The number of hydrazone groups is 1. The molecule has 3 atom stereocenters. The Morgan fingerprint density at radius 2 is 2.04 bits per heavy atom. The van der Waals surface area contributed by atoms with Crippen molar-refractivity contribution in [3.8, 4) is 0 Å². The molecule has 2 aliphatic heterocycles. The van der Waals surface area contributed by atoms with Gasteiger partial charge in [-0.25, -0.2) is 8.42 Å². The van der Waals surface area contributed by atoms with Crippen LogP contribution in [0.2, 0.25) is 0 Å². The molecule has 1 N–H and O–H groups in total. The Bertz CT molecular complexity index is 874. The molecule has 0 radical (unpaired) electrons. The van der Waals surface area contributed by atoms with E-state index in [1.807, 2.05) is 0 Å². The Labute approximate surface area is 157 Å². The third-order valence-electron chi connectivity index (χ3n) is 4.79. The SMILES string of the molecule is CC1(S(=O)(=O)c2cccc(C(F)(F)F)c2)CCOC(C2NN=C(C(F)F)O2)C1. The first-order valence-electron chi connectivity index (χ1n) is 8.25. The van der Waals surface area contributed by atoms with Crippen LogP contribution in [0.3, 0.4) is 0 Å². The monoisotopic (exact) mass is 428 g/mol. The molecule has 28 heavy (non-hydrogen) atoms. The standard InChI is InChI=1S/C16H17F5N2O4S/c1-15(28(24,25)10-4-2-3-9(7-10)16(19,20)21)5-6-26-11(8-15)13-22-23-14(27-13)12(17)18/h2-4,7,11-13,22H,5-6,8H2,1H3. The van der Waals surface area contributed by atoms with E-state index in [2.05, 4.69) is 10.5 Å². The number of benzene rings is 1. The summed E-state index contributed by atoms with van der Waals surface area (Å²) in [5.74, 6) is -0.832. The van der Waals surface area contributed by atoms with Gasteiger partial charge in [0.1, 0.15) is 6.10 Å². The molecule has 12 heteroatoms. The third kappa shape index (κ3) is 3.79. The van der Waals surface area contributed by atoms with E-state index in [0.29, 0.717) is 6.07 Å². The molecule has 1 aromatic rings. The van der Waals surface area contributed by atoms with Gasteiger partial charge < -0.3 is 9.47 Å². The molecule has 1 fully saturated rings. The second-order valence-electron chi connectivity index (χ2n) is 6.76. The number of halogens is 5. The number of sulfone groups is 1. The summed E-state index contributed by atoms with van der Waals surface area (Å²) in [6.07, 6.45) is -9.82. The van der Waals surface area contributed by atoms with Gasteiger partial charge in [0.25, 0.3) is 5.90 Å². The topological polar surface area (TPSA) is 77.0 Å². The predicted molar refractivity (Wildman–Crippen MR) is 87.5 cm³/mol. The molecular formula is C16H17F5N2O4S. The van der Waals surface area contributed by atoms with Crippen LogP contribution in [0.15, 0.2) is 34.3 Å². The van der Waals surface area contributed by atoms with Crippen molar-refractivity contribution in [2.24, 2.45) is 5.10 Å². The summed E-state index contributed by atoms with van der Waals surface area (Å²) in [6.45, 7) is 1.35. The van der Waals surface area contributed by atoms with Gasteiger partial charge in [0.2, 0.25) is 6.23 Å². The molecule has 0 amide bonds. The minimum Gasteiger partial charge on any atom is -0.447 e. The van der Waals surface area contributed by atoms with Crippen molar-refractivity contribution in [3.63, 3.8) is 0 Å². The lowest BCUT2D eigenvalue weighted by Gasteiger charge is -2.39. The van der Waals surface area contributed by atoms with Gasteiger partial charge in [-0.15, -0.1) is 5.10 Å². The summed E-state index contributed by atoms with van der Waals surface area (Å²) in [5, 5.41) is 3.34. The maximum absolute atomic E-state index is 13.1. The fraction of sp³-hybridized carbons (Fsp3) is 0.562. The highest BCUT2D eigenvalue weighted by Crippen LogP contribution is 2.39. The predicted octanol–water partition coefficient (Wildman–Crippen LogP) is 2.94. The largest absolute Gasteiger partial charge is 0.447 e. The van der Waals surface area contributed by atoms with Crippen LogP contribution in [-0.2, 0) is 25.5 Å². The minimum atomic E-state index is -4.69. The first-order chi connectivity index (χ1) is 12.9. The van der Waals surface area contributed by atoms with Crippen LogP contribution < -0.4 is 5.43 Å². The van der Waals surface area contributed by atoms with Gasteiger partial charge in [-0.1, -0.05) is 6.07 Å². The maximum Gasteiger partial charge on any atom is 0.416 e. The number of nitrogens with one attached hydrogen (secondary N) is 1. The van der Waals surface area contributed by atoms with Gasteiger partial charge in [-0.2, -0.15) is 22.0 Å². The summed E-state index contributed by atoms with van der Waals surface area (Å²) in [7, 11) is -4.19. The third-order valence-corrected chi connectivity index (χ3v) is 7.33.